The summed E-state index contributed by atoms with van der Waals surface area (Å²) in [6, 6.07) is 0. The molecular weight excluding hydrogens is 297 g/mol. The second-order valence-electron chi connectivity index (χ2n) is 2.38. The van der Waals surface area contributed by atoms with Crippen LogP contribution in [0.1, 0.15) is 25.7 Å². The second kappa shape index (κ2) is 4.05. The summed E-state index contributed by atoms with van der Waals surface area (Å²) in [4.78, 5) is 10.4. The van der Waals surface area contributed by atoms with Crippen LogP contribution < -0.4 is 5.73 Å². The van der Waals surface area contributed by atoms with Gasteiger partial charge in [-0.25, -0.2) is 0 Å². The molecule has 0 aromatic rings. The molecule has 1 amide bonds. The minimum Gasteiger partial charge on any atom is -0.369 e. The normalized spacial score (nSPS) is 19.1. The van der Waals surface area contributed by atoms with Gasteiger partial charge in [0.1, 0.15) is 0 Å². The Morgan fingerprint density at radius 1 is 1.33 bits per heavy atom. The fraction of sp³-hybridized carbons (Fsp3) is 0.833. The fourth-order valence-corrected chi connectivity index (χ4v) is 1.21. The maximum atomic E-state index is 10.4. The van der Waals surface area contributed by atoms with Crippen LogP contribution in [0.4, 0.5) is 0 Å². The zero-order valence-corrected chi connectivity index (χ0v) is 7.48. The Morgan fingerprint density at radius 3 is 2.00 bits per heavy atom. The van der Waals surface area contributed by atoms with Gasteiger partial charge in [0.05, 0.1) is 0 Å². The van der Waals surface area contributed by atoms with E-state index in [1.165, 1.54) is 12.8 Å². The third-order valence-electron chi connectivity index (χ3n) is 1.76. The molecule has 3 heteroatoms. The van der Waals surface area contributed by atoms with Crippen molar-refractivity contribution < 1.29 is 25.9 Å². The first-order valence-corrected chi connectivity index (χ1v) is 3.10. The first-order chi connectivity index (χ1) is 3.80. The number of carbonyl (C=O) groups excluding carboxylic acids is 1. The van der Waals surface area contributed by atoms with E-state index in [2.05, 4.69) is 0 Å². The molecular formula is C6H11NOPt. The maximum Gasteiger partial charge on any atom is 0.220 e. The molecule has 0 aromatic carbocycles. The van der Waals surface area contributed by atoms with E-state index in [0.29, 0.717) is 0 Å². The smallest absolute Gasteiger partial charge is 0.220 e. The van der Waals surface area contributed by atoms with E-state index in [-0.39, 0.29) is 32.9 Å². The summed E-state index contributed by atoms with van der Waals surface area (Å²) in [5.74, 6) is 0.0949. The number of carbonyl (C=O) groups is 1. The fourth-order valence-electron chi connectivity index (χ4n) is 1.21. The molecule has 2 N–H and O–H groups in total. The number of hydrogen-bond donors (Lipinski definition) is 1. The maximum absolute atomic E-state index is 10.4. The van der Waals surface area contributed by atoms with Crippen LogP contribution in [0.3, 0.4) is 0 Å². The Balaban J connectivity index is 0.000000640. The van der Waals surface area contributed by atoms with Crippen LogP contribution in [0.15, 0.2) is 0 Å². The predicted octanol–water partition coefficient (Wildman–Crippen LogP) is 0.659. The summed E-state index contributed by atoms with van der Waals surface area (Å²) >= 11 is 0. The summed E-state index contributed by atoms with van der Waals surface area (Å²) in [6.45, 7) is 0. The molecule has 0 bridgehead atoms. The quantitative estimate of drug-likeness (QED) is 0.760. The number of rotatable bonds is 1. The van der Waals surface area contributed by atoms with E-state index in [1.54, 1.807) is 0 Å². The van der Waals surface area contributed by atoms with E-state index in [4.69, 9.17) is 5.73 Å². The Bertz CT molecular complexity index is 99.2. The van der Waals surface area contributed by atoms with Gasteiger partial charge >= 0.3 is 0 Å². The minimum atomic E-state index is -0.109. The number of primary amides is 1. The van der Waals surface area contributed by atoms with Crippen molar-refractivity contribution in [2.24, 2.45) is 11.7 Å². The van der Waals surface area contributed by atoms with Crippen molar-refractivity contribution in [1.29, 1.82) is 0 Å². The van der Waals surface area contributed by atoms with Crippen molar-refractivity contribution >= 4 is 5.91 Å². The van der Waals surface area contributed by atoms with Gasteiger partial charge in [0.15, 0.2) is 0 Å². The van der Waals surface area contributed by atoms with Crippen LogP contribution in [-0.2, 0) is 25.9 Å². The molecule has 1 aliphatic rings. The largest absolute Gasteiger partial charge is 0.369 e. The molecule has 56 valence electrons. The van der Waals surface area contributed by atoms with Crippen molar-refractivity contribution in [2.75, 3.05) is 0 Å². The van der Waals surface area contributed by atoms with Crippen molar-refractivity contribution in [2.45, 2.75) is 25.7 Å². The molecule has 0 aromatic heterocycles. The topological polar surface area (TPSA) is 43.1 Å². The van der Waals surface area contributed by atoms with Crippen LogP contribution >= 0.6 is 0 Å². The average molecular weight is 308 g/mol. The molecule has 0 atom stereocenters. The van der Waals surface area contributed by atoms with Crippen molar-refractivity contribution in [3.05, 3.63) is 0 Å². The van der Waals surface area contributed by atoms with Crippen LogP contribution in [0, 0.1) is 5.92 Å². The zero-order chi connectivity index (χ0) is 5.98. The third kappa shape index (κ3) is 2.49. The monoisotopic (exact) mass is 308 g/mol. The average Bonchev–Trinajstić information content (AvgIpc) is 2.12. The Hall–Kier alpha value is 0.158. The zero-order valence-electron chi connectivity index (χ0n) is 5.21. The van der Waals surface area contributed by atoms with Crippen molar-refractivity contribution in [1.82, 2.24) is 0 Å². The van der Waals surface area contributed by atoms with Crippen LogP contribution in [0.5, 0.6) is 0 Å². The molecule has 1 rings (SSSR count). The van der Waals surface area contributed by atoms with E-state index in [9.17, 15) is 4.79 Å². The second-order valence-corrected chi connectivity index (χ2v) is 2.38. The molecule has 9 heavy (non-hydrogen) atoms. The molecule has 0 radical (unpaired) electrons. The van der Waals surface area contributed by atoms with Crippen LogP contribution in [0.2, 0.25) is 0 Å². The van der Waals surface area contributed by atoms with Crippen molar-refractivity contribution in [3.8, 4) is 0 Å². The summed E-state index contributed by atoms with van der Waals surface area (Å²) in [5.41, 5.74) is 5.06. The number of amides is 1. The van der Waals surface area contributed by atoms with Crippen molar-refractivity contribution in [3.63, 3.8) is 0 Å². The van der Waals surface area contributed by atoms with Gasteiger partial charge in [0.2, 0.25) is 5.91 Å². The van der Waals surface area contributed by atoms with Gasteiger partial charge in [-0.3, -0.25) is 4.79 Å². The number of hydrogen-bond acceptors (Lipinski definition) is 1. The molecule has 0 spiro atoms. The third-order valence-corrected chi connectivity index (χ3v) is 1.76. The molecule has 0 unspecified atom stereocenters. The van der Waals surface area contributed by atoms with Gasteiger partial charge < -0.3 is 5.73 Å². The van der Waals surface area contributed by atoms with E-state index < -0.39 is 0 Å². The molecule has 1 aliphatic carbocycles. The summed E-state index contributed by atoms with van der Waals surface area (Å²) < 4.78 is 0. The van der Waals surface area contributed by atoms with Gasteiger partial charge in [-0.2, -0.15) is 0 Å². The first-order valence-electron chi connectivity index (χ1n) is 3.10. The summed E-state index contributed by atoms with van der Waals surface area (Å²) in [6.07, 6.45) is 4.42. The molecule has 2 nitrogen and oxygen atoms in total. The van der Waals surface area contributed by atoms with Gasteiger partial charge in [0, 0.05) is 27.0 Å². The summed E-state index contributed by atoms with van der Waals surface area (Å²) in [7, 11) is 0. The van der Waals surface area contributed by atoms with Gasteiger partial charge in [-0.1, -0.05) is 12.8 Å². The van der Waals surface area contributed by atoms with E-state index in [1.807, 2.05) is 0 Å². The molecule has 0 saturated heterocycles. The summed E-state index contributed by atoms with van der Waals surface area (Å²) in [5, 5.41) is 0. The Morgan fingerprint density at radius 2 is 1.78 bits per heavy atom. The van der Waals surface area contributed by atoms with E-state index >= 15 is 0 Å². The van der Waals surface area contributed by atoms with Crippen LogP contribution in [0.25, 0.3) is 0 Å². The molecule has 0 aliphatic heterocycles. The van der Waals surface area contributed by atoms with Gasteiger partial charge in [-0.05, 0) is 12.8 Å². The predicted molar refractivity (Wildman–Crippen MR) is 31.2 cm³/mol. The van der Waals surface area contributed by atoms with E-state index in [0.717, 1.165) is 12.8 Å². The first kappa shape index (κ1) is 9.16. The molecule has 1 saturated carbocycles. The minimum absolute atomic E-state index is 0. The van der Waals surface area contributed by atoms with Gasteiger partial charge in [0.25, 0.3) is 0 Å². The number of nitrogens with two attached hydrogens (primary N) is 1. The Labute approximate surface area is 69.4 Å². The Kier molecular flexibility index (Phi) is 4.12. The standard InChI is InChI=1S/C6H11NO.Pt/c7-6(8)5-3-1-2-4-5;/h5H,1-4H2,(H2,7,8);. The van der Waals surface area contributed by atoms with Crippen LogP contribution in [-0.4, -0.2) is 5.91 Å². The van der Waals surface area contributed by atoms with Gasteiger partial charge in [-0.15, -0.1) is 0 Å². The SMILES string of the molecule is NC(=O)C1CCCC1.[Pt]. The molecule has 1 fully saturated rings. The molecule has 0 heterocycles.